The van der Waals surface area contributed by atoms with Crippen molar-refractivity contribution in [1.82, 2.24) is 5.32 Å². The Bertz CT molecular complexity index is 495. The molecular weight excluding hydrogens is 281 g/mol. The molecule has 1 aromatic rings. The van der Waals surface area contributed by atoms with E-state index in [0.717, 1.165) is 12.8 Å². The molecule has 110 valence electrons. The van der Waals surface area contributed by atoms with Crippen LogP contribution in [0.15, 0.2) is 18.2 Å². The van der Waals surface area contributed by atoms with Gasteiger partial charge in [-0.1, -0.05) is 31.9 Å². The van der Waals surface area contributed by atoms with E-state index in [9.17, 15) is 9.18 Å². The summed E-state index contributed by atoms with van der Waals surface area (Å²) in [5, 5.41) is 3.00. The van der Waals surface area contributed by atoms with Gasteiger partial charge in [0.05, 0.1) is 5.02 Å². The van der Waals surface area contributed by atoms with Gasteiger partial charge in [-0.05, 0) is 30.4 Å². The van der Waals surface area contributed by atoms with Crippen LogP contribution in [-0.4, -0.2) is 18.6 Å². The first kappa shape index (κ1) is 15.1. The maximum Gasteiger partial charge on any atom is 0.258 e. The molecule has 1 aromatic carbocycles. The third-order valence-electron chi connectivity index (χ3n) is 3.95. The number of halogens is 2. The zero-order chi connectivity index (χ0) is 14.7. The summed E-state index contributed by atoms with van der Waals surface area (Å²) in [5.41, 5.74) is 0. The van der Waals surface area contributed by atoms with E-state index in [1.165, 1.54) is 12.1 Å². The topological polar surface area (TPSA) is 38.3 Å². The third-order valence-corrected chi connectivity index (χ3v) is 4.26. The minimum atomic E-state index is -0.552. The molecular formula is C15H19ClFNO2. The Morgan fingerprint density at radius 1 is 1.55 bits per heavy atom. The van der Waals surface area contributed by atoms with E-state index >= 15 is 0 Å². The Labute approximate surface area is 123 Å². The van der Waals surface area contributed by atoms with Gasteiger partial charge in [0.15, 0.2) is 6.61 Å². The standard InChI is InChI=1S/C15H19ClFNO2/c1-3-11-9(2)6-14(11)18-15(19)8-20-10-4-5-12(16)13(17)7-10/h4-5,7,9,11,14H,3,6,8H2,1-2H3,(H,18,19). The minimum absolute atomic E-state index is 0.0380. The highest BCUT2D eigenvalue weighted by Crippen LogP contribution is 2.36. The molecule has 0 aliphatic heterocycles. The van der Waals surface area contributed by atoms with Crippen LogP contribution < -0.4 is 10.1 Å². The zero-order valence-electron chi connectivity index (χ0n) is 11.7. The largest absolute Gasteiger partial charge is 0.484 e. The van der Waals surface area contributed by atoms with Crippen molar-refractivity contribution in [1.29, 1.82) is 0 Å². The van der Waals surface area contributed by atoms with Crippen molar-refractivity contribution < 1.29 is 13.9 Å². The Morgan fingerprint density at radius 3 is 2.90 bits per heavy atom. The van der Waals surface area contributed by atoms with E-state index in [1.54, 1.807) is 6.07 Å². The predicted octanol–water partition coefficient (Wildman–Crippen LogP) is 3.41. The number of hydrogen-bond donors (Lipinski definition) is 1. The molecule has 0 heterocycles. The van der Waals surface area contributed by atoms with E-state index in [4.69, 9.17) is 16.3 Å². The predicted molar refractivity (Wildman–Crippen MR) is 76.4 cm³/mol. The van der Waals surface area contributed by atoms with Crippen LogP contribution in [0.25, 0.3) is 0 Å². The van der Waals surface area contributed by atoms with Crippen molar-refractivity contribution in [2.45, 2.75) is 32.7 Å². The summed E-state index contributed by atoms with van der Waals surface area (Å²) in [6.45, 7) is 4.22. The Morgan fingerprint density at radius 2 is 2.30 bits per heavy atom. The van der Waals surface area contributed by atoms with Gasteiger partial charge < -0.3 is 10.1 Å². The van der Waals surface area contributed by atoms with Crippen molar-refractivity contribution >= 4 is 17.5 Å². The van der Waals surface area contributed by atoms with Crippen LogP contribution >= 0.6 is 11.6 Å². The Kier molecular flexibility index (Phi) is 4.86. The zero-order valence-corrected chi connectivity index (χ0v) is 12.4. The van der Waals surface area contributed by atoms with Gasteiger partial charge in [-0.25, -0.2) is 4.39 Å². The molecule has 0 saturated heterocycles. The molecule has 2 rings (SSSR count). The van der Waals surface area contributed by atoms with E-state index in [2.05, 4.69) is 19.2 Å². The summed E-state index contributed by atoms with van der Waals surface area (Å²) in [5.74, 6) is 0.790. The first-order chi connectivity index (χ1) is 9.51. The van der Waals surface area contributed by atoms with Crippen LogP contribution in [0.5, 0.6) is 5.75 Å². The van der Waals surface area contributed by atoms with E-state index in [1.807, 2.05) is 0 Å². The number of carbonyl (C=O) groups is 1. The van der Waals surface area contributed by atoms with Gasteiger partial charge in [-0.3, -0.25) is 4.79 Å². The molecule has 20 heavy (non-hydrogen) atoms. The lowest BCUT2D eigenvalue weighted by atomic mass is 9.69. The molecule has 0 bridgehead atoms. The molecule has 1 fully saturated rings. The van der Waals surface area contributed by atoms with Gasteiger partial charge in [0.1, 0.15) is 11.6 Å². The Balaban J connectivity index is 1.79. The highest BCUT2D eigenvalue weighted by molar-refractivity contribution is 6.30. The number of hydrogen-bond acceptors (Lipinski definition) is 2. The lowest BCUT2D eigenvalue weighted by molar-refractivity contribution is -0.125. The van der Waals surface area contributed by atoms with Gasteiger partial charge in [0.2, 0.25) is 0 Å². The van der Waals surface area contributed by atoms with Gasteiger partial charge in [0, 0.05) is 12.1 Å². The molecule has 3 unspecified atom stereocenters. The number of amides is 1. The van der Waals surface area contributed by atoms with Gasteiger partial charge >= 0.3 is 0 Å². The lowest BCUT2D eigenvalue weighted by Gasteiger charge is -2.43. The maximum atomic E-state index is 13.2. The molecule has 0 aromatic heterocycles. The monoisotopic (exact) mass is 299 g/mol. The fourth-order valence-corrected chi connectivity index (χ4v) is 2.89. The van der Waals surface area contributed by atoms with Crippen molar-refractivity contribution in [2.75, 3.05) is 6.61 Å². The first-order valence-corrected chi connectivity index (χ1v) is 7.26. The summed E-state index contributed by atoms with van der Waals surface area (Å²) in [7, 11) is 0. The van der Waals surface area contributed by atoms with Gasteiger partial charge in [0.25, 0.3) is 5.91 Å². The van der Waals surface area contributed by atoms with Gasteiger partial charge in [-0.2, -0.15) is 0 Å². The van der Waals surface area contributed by atoms with E-state index in [0.29, 0.717) is 17.6 Å². The van der Waals surface area contributed by atoms with E-state index < -0.39 is 5.82 Å². The average Bonchev–Trinajstić information content (AvgIpc) is 2.40. The second kappa shape index (κ2) is 6.44. The Hall–Kier alpha value is -1.29. The molecule has 1 aliphatic carbocycles. The molecule has 1 saturated carbocycles. The number of carbonyl (C=O) groups excluding carboxylic acids is 1. The normalized spacial score (nSPS) is 24.9. The van der Waals surface area contributed by atoms with Crippen molar-refractivity contribution in [3.05, 3.63) is 29.0 Å². The maximum absolute atomic E-state index is 13.2. The number of benzene rings is 1. The molecule has 0 spiro atoms. The highest BCUT2D eigenvalue weighted by Gasteiger charge is 2.37. The van der Waals surface area contributed by atoms with Crippen LogP contribution in [-0.2, 0) is 4.79 Å². The average molecular weight is 300 g/mol. The molecule has 1 aliphatic rings. The van der Waals surface area contributed by atoms with Gasteiger partial charge in [-0.15, -0.1) is 0 Å². The van der Waals surface area contributed by atoms with Crippen molar-refractivity contribution in [2.24, 2.45) is 11.8 Å². The summed E-state index contributed by atoms with van der Waals surface area (Å²) >= 11 is 5.57. The van der Waals surface area contributed by atoms with Crippen LogP contribution in [0.3, 0.4) is 0 Å². The number of ether oxygens (including phenoxy) is 1. The molecule has 3 nitrogen and oxygen atoms in total. The van der Waals surface area contributed by atoms with Crippen molar-refractivity contribution in [3.63, 3.8) is 0 Å². The number of nitrogens with one attached hydrogen (secondary N) is 1. The molecule has 3 atom stereocenters. The SMILES string of the molecule is CCC1C(C)CC1NC(=O)COc1ccc(Cl)c(F)c1. The fourth-order valence-electron chi connectivity index (χ4n) is 2.77. The smallest absolute Gasteiger partial charge is 0.258 e. The van der Waals surface area contributed by atoms with Crippen LogP contribution in [0.4, 0.5) is 4.39 Å². The third kappa shape index (κ3) is 3.42. The fraction of sp³-hybridized carbons (Fsp3) is 0.533. The van der Waals surface area contributed by atoms with Crippen LogP contribution in [0.2, 0.25) is 5.02 Å². The summed E-state index contributed by atoms with van der Waals surface area (Å²) in [6.07, 6.45) is 2.08. The summed E-state index contributed by atoms with van der Waals surface area (Å²) < 4.78 is 18.5. The molecule has 1 amide bonds. The summed E-state index contributed by atoms with van der Waals surface area (Å²) in [4.78, 5) is 11.8. The van der Waals surface area contributed by atoms with Crippen molar-refractivity contribution in [3.8, 4) is 5.75 Å². The minimum Gasteiger partial charge on any atom is -0.484 e. The molecule has 0 radical (unpaired) electrons. The van der Waals surface area contributed by atoms with E-state index in [-0.39, 0.29) is 23.6 Å². The van der Waals surface area contributed by atoms with Crippen LogP contribution in [0.1, 0.15) is 26.7 Å². The molecule has 1 N–H and O–H groups in total. The second-order valence-corrected chi connectivity index (χ2v) is 5.73. The van der Waals surface area contributed by atoms with Crippen LogP contribution in [0, 0.1) is 17.7 Å². The summed E-state index contributed by atoms with van der Waals surface area (Å²) in [6, 6.07) is 4.37. The first-order valence-electron chi connectivity index (χ1n) is 6.88. The highest BCUT2D eigenvalue weighted by atomic mass is 35.5. The quantitative estimate of drug-likeness (QED) is 0.905. The second-order valence-electron chi connectivity index (χ2n) is 5.32. The number of rotatable bonds is 5. The molecule has 5 heteroatoms. The lowest BCUT2D eigenvalue weighted by Crippen LogP contribution is -2.52.